The number of aryl methyl sites for hydroxylation is 1. The summed E-state index contributed by atoms with van der Waals surface area (Å²) < 4.78 is 5.77. The molecule has 6 nitrogen and oxygen atoms in total. The van der Waals surface area contributed by atoms with Crippen LogP contribution in [-0.2, 0) is 6.61 Å². The van der Waals surface area contributed by atoms with Crippen LogP contribution >= 0.6 is 0 Å². The monoisotopic (exact) mass is 463 g/mol. The molecule has 0 aliphatic carbocycles. The van der Waals surface area contributed by atoms with Crippen LogP contribution < -0.4 is 15.5 Å². The molecule has 2 N–H and O–H groups in total. The highest BCUT2D eigenvalue weighted by Crippen LogP contribution is 2.14. The van der Waals surface area contributed by atoms with E-state index in [0.29, 0.717) is 23.4 Å². The van der Waals surface area contributed by atoms with E-state index in [2.05, 4.69) is 15.8 Å². The number of amides is 2. The van der Waals surface area contributed by atoms with Gasteiger partial charge in [-0.1, -0.05) is 48.0 Å². The van der Waals surface area contributed by atoms with Gasteiger partial charge in [-0.05, 0) is 78.7 Å². The third-order valence-electron chi connectivity index (χ3n) is 5.19. The number of benzene rings is 4. The number of hydrogen-bond acceptors (Lipinski definition) is 4. The Hall–Kier alpha value is -4.71. The Bertz CT molecular complexity index is 1320. The van der Waals surface area contributed by atoms with Crippen molar-refractivity contribution in [3.63, 3.8) is 0 Å². The van der Waals surface area contributed by atoms with E-state index in [1.165, 1.54) is 0 Å². The molecule has 0 aromatic heterocycles. The number of carbonyl (C=O) groups excluding carboxylic acids is 2. The van der Waals surface area contributed by atoms with E-state index in [-0.39, 0.29) is 11.8 Å². The summed E-state index contributed by atoms with van der Waals surface area (Å²) in [6, 6.07) is 31.4. The van der Waals surface area contributed by atoms with Gasteiger partial charge in [0, 0.05) is 16.8 Å². The van der Waals surface area contributed by atoms with Gasteiger partial charge in [0.15, 0.2) is 0 Å². The Morgan fingerprint density at radius 3 is 2.26 bits per heavy atom. The van der Waals surface area contributed by atoms with E-state index in [4.69, 9.17) is 4.74 Å². The summed E-state index contributed by atoms with van der Waals surface area (Å²) in [7, 11) is 0. The molecular formula is C29H25N3O3. The average molecular weight is 464 g/mol. The van der Waals surface area contributed by atoms with Crippen molar-refractivity contribution >= 4 is 23.7 Å². The Morgan fingerprint density at radius 2 is 1.54 bits per heavy atom. The Labute approximate surface area is 204 Å². The van der Waals surface area contributed by atoms with Gasteiger partial charge in [0.2, 0.25) is 0 Å². The van der Waals surface area contributed by atoms with Crippen molar-refractivity contribution in [3.05, 3.63) is 131 Å². The predicted molar refractivity (Wildman–Crippen MR) is 138 cm³/mol. The zero-order valence-corrected chi connectivity index (χ0v) is 19.3. The molecule has 0 fully saturated rings. The van der Waals surface area contributed by atoms with E-state index in [9.17, 15) is 9.59 Å². The van der Waals surface area contributed by atoms with Crippen molar-refractivity contribution in [2.24, 2.45) is 5.10 Å². The lowest BCUT2D eigenvalue weighted by molar-refractivity contribution is 0.0954. The van der Waals surface area contributed by atoms with Gasteiger partial charge in [-0.2, -0.15) is 5.10 Å². The highest BCUT2D eigenvalue weighted by Gasteiger charge is 2.08. The maximum Gasteiger partial charge on any atom is 0.271 e. The lowest BCUT2D eigenvalue weighted by Gasteiger charge is -2.07. The van der Waals surface area contributed by atoms with Crippen LogP contribution in [0, 0.1) is 6.92 Å². The van der Waals surface area contributed by atoms with Gasteiger partial charge in [-0.3, -0.25) is 9.59 Å². The van der Waals surface area contributed by atoms with Crippen molar-refractivity contribution < 1.29 is 14.3 Å². The van der Waals surface area contributed by atoms with Gasteiger partial charge in [-0.15, -0.1) is 0 Å². The summed E-state index contributed by atoms with van der Waals surface area (Å²) in [6.07, 6.45) is 1.56. The molecule has 2 amide bonds. The molecule has 0 unspecified atom stereocenters. The maximum absolute atomic E-state index is 12.4. The molecule has 4 aromatic carbocycles. The summed E-state index contributed by atoms with van der Waals surface area (Å²) in [4.78, 5) is 24.7. The summed E-state index contributed by atoms with van der Waals surface area (Å²) in [6.45, 7) is 2.43. The normalized spacial score (nSPS) is 10.7. The highest BCUT2D eigenvalue weighted by molar-refractivity contribution is 6.04. The van der Waals surface area contributed by atoms with Crippen LogP contribution in [0.15, 0.2) is 108 Å². The third-order valence-corrected chi connectivity index (χ3v) is 5.19. The topological polar surface area (TPSA) is 79.8 Å². The molecular weight excluding hydrogens is 438 g/mol. The molecule has 0 radical (unpaired) electrons. The van der Waals surface area contributed by atoms with E-state index in [1.54, 1.807) is 36.5 Å². The molecule has 0 spiro atoms. The van der Waals surface area contributed by atoms with Crippen molar-refractivity contribution in [1.29, 1.82) is 0 Å². The minimum atomic E-state index is -0.347. The fourth-order valence-corrected chi connectivity index (χ4v) is 3.32. The Morgan fingerprint density at radius 1 is 0.800 bits per heavy atom. The molecule has 0 heterocycles. The molecule has 0 saturated heterocycles. The number of ether oxygens (including phenoxy) is 1. The van der Waals surface area contributed by atoms with Crippen molar-refractivity contribution in [3.8, 4) is 5.75 Å². The number of hydrogen-bond donors (Lipinski definition) is 2. The first-order valence-electron chi connectivity index (χ1n) is 11.1. The average Bonchev–Trinajstić information content (AvgIpc) is 2.89. The highest BCUT2D eigenvalue weighted by atomic mass is 16.5. The smallest absolute Gasteiger partial charge is 0.271 e. The fourth-order valence-electron chi connectivity index (χ4n) is 3.32. The quantitative estimate of drug-likeness (QED) is 0.264. The van der Waals surface area contributed by atoms with Crippen molar-refractivity contribution in [2.45, 2.75) is 13.5 Å². The molecule has 0 atom stereocenters. The largest absolute Gasteiger partial charge is 0.489 e. The second kappa shape index (κ2) is 11.4. The van der Waals surface area contributed by atoms with E-state index < -0.39 is 0 Å². The number of hydrazone groups is 1. The Balaban J connectivity index is 1.26. The van der Waals surface area contributed by atoms with Crippen LogP contribution in [0.1, 0.15) is 37.4 Å². The second-order valence-electron chi connectivity index (χ2n) is 7.94. The molecule has 4 aromatic rings. The van der Waals surface area contributed by atoms with E-state index >= 15 is 0 Å². The molecule has 0 aliphatic rings. The van der Waals surface area contributed by atoms with Gasteiger partial charge < -0.3 is 10.1 Å². The fraction of sp³-hybridized carbons (Fsp3) is 0.0690. The van der Waals surface area contributed by atoms with Gasteiger partial charge in [0.05, 0.1) is 6.21 Å². The van der Waals surface area contributed by atoms with Gasteiger partial charge in [0.1, 0.15) is 12.4 Å². The lowest BCUT2D eigenvalue weighted by atomic mass is 10.1. The minimum absolute atomic E-state index is 0.202. The first-order chi connectivity index (χ1) is 17.1. The first kappa shape index (κ1) is 23.4. The summed E-state index contributed by atoms with van der Waals surface area (Å²) >= 11 is 0. The zero-order valence-electron chi connectivity index (χ0n) is 19.3. The van der Waals surface area contributed by atoms with Crippen LogP contribution in [0.4, 0.5) is 5.69 Å². The minimum Gasteiger partial charge on any atom is -0.489 e. The van der Waals surface area contributed by atoms with E-state index in [1.807, 2.05) is 79.7 Å². The SMILES string of the molecule is Cc1cccc(C(=O)Nc2ccc(C(=O)N/N=C/c3ccc(OCc4ccccc4)cc3)cc2)c1. The van der Waals surface area contributed by atoms with Crippen molar-refractivity contribution in [1.82, 2.24) is 5.43 Å². The number of nitrogens with one attached hydrogen (secondary N) is 2. The third kappa shape index (κ3) is 6.88. The van der Waals surface area contributed by atoms with Crippen molar-refractivity contribution in [2.75, 3.05) is 5.32 Å². The molecule has 0 saturated carbocycles. The zero-order chi connectivity index (χ0) is 24.5. The first-order valence-corrected chi connectivity index (χ1v) is 11.1. The van der Waals surface area contributed by atoms with Crippen LogP contribution in [0.3, 0.4) is 0 Å². The summed E-state index contributed by atoms with van der Waals surface area (Å²) in [5.74, 6) is 0.206. The Kier molecular flexibility index (Phi) is 7.66. The lowest BCUT2D eigenvalue weighted by Crippen LogP contribution is -2.17. The predicted octanol–water partition coefficient (Wildman–Crippen LogP) is 5.59. The van der Waals surface area contributed by atoms with Crippen LogP contribution in [0.5, 0.6) is 5.75 Å². The van der Waals surface area contributed by atoms with Crippen LogP contribution in [-0.4, -0.2) is 18.0 Å². The van der Waals surface area contributed by atoms with Gasteiger partial charge in [0.25, 0.3) is 11.8 Å². The number of anilines is 1. The maximum atomic E-state index is 12.4. The second-order valence-corrected chi connectivity index (χ2v) is 7.94. The van der Waals surface area contributed by atoms with E-state index in [0.717, 1.165) is 22.4 Å². The molecule has 0 bridgehead atoms. The molecule has 4 rings (SSSR count). The molecule has 174 valence electrons. The molecule has 0 aliphatic heterocycles. The number of carbonyl (C=O) groups is 2. The summed E-state index contributed by atoms with van der Waals surface area (Å²) in [5, 5.41) is 6.85. The van der Waals surface area contributed by atoms with Crippen LogP contribution in [0.25, 0.3) is 0 Å². The molecule has 6 heteroatoms. The standard InChI is InChI=1S/C29H25N3O3/c1-21-6-5-9-25(18-21)28(33)31-26-14-12-24(13-15-26)29(34)32-30-19-22-10-16-27(17-11-22)35-20-23-7-3-2-4-8-23/h2-19H,20H2,1H3,(H,31,33)(H,32,34)/b30-19+. The van der Waals surface area contributed by atoms with Gasteiger partial charge >= 0.3 is 0 Å². The molecule has 35 heavy (non-hydrogen) atoms. The number of rotatable bonds is 8. The summed E-state index contributed by atoms with van der Waals surface area (Å²) in [5.41, 5.74) is 7.06. The van der Waals surface area contributed by atoms with Gasteiger partial charge in [-0.25, -0.2) is 5.43 Å². The van der Waals surface area contributed by atoms with Crippen LogP contribution in [0.2, 0.25) is 0 Å². The number of nitrogens with zero attached hydrogens (tertiary/aromatic N) is 1.